The number of hydrogen-bond donors (Lipinski definition) is 1. The molecule has 1 aromatic carbocycles. The molecule has 0 amide bonds. The van der Waals surface area contributed by atoms with Gasteiger partial charge in [-0.2, -0.15) is 0 Å². The lowest BCUT2D eigenvalue weighted by atomic mass is 9.88. The van der Waals surface area contributed by atoms with Gasteiger partial charge in [0.1, 0.15) is 5.75 Å². The number of carboxylic acid groups (broad SMARTS) is 1. The summed E-state index contributed by atoms with van der Waals surface area (Å²) in [6.45, 7) is 3.55. The van der Waals surface area contributed by atoms with Crippen molar-refractivity contribution in [1.29, 1.82) is 0 Å². The molecule has 104 valence electrons. The van der Waals surface area contributed by atoms with Crippen molar-refractivity contribution in [3.8, 4) is 5.75 Å². The average Bonchev–Trinajstić information content (AvgIpc) is 2.81. The Kier molecular flexibility index (Phi) is 2.80. The van der Waals surface area contributed by atoms with E-state index in [9.17, 15) is 23.1 Å². The molecule has 0 aliphatic heterocycles. The normalized spacial score (nSPS) is 24.9. The van der Waals surface area contributed by atoms with Crippen LogP contribution in [0.2, 0.25) is 0 Å². The highest BCUT2D eigenvalue weighted by molar-refractivity contribution is 5.87. The highest BCUT2D eigenvalue weighted by Crippen LogP contribution is 2.64. The van der Waals surface area contributed by atoms with Crippen LogP contribution < -0.4 is 4.74 Å². The van der Waals surface area contributed by atoms with Gasteiger partial charge in [0.2, 0.25) is 0 Å². The van der Waals surface area contributed by atoms with Crippen molar-refractivity contribution in [2.24, 2.45) is 5.41 Å². The average molecular weight is 274 g/mol. The van der Waals surface area contributed by atoms with Crippen LogP contribution in [0.1, 0.15) is 25.8 Å². The number of halogens is 3. The van der Waals surface area contributed by atoms with Gasteiger partial charge in [0.15, 0.2) is 0 Å². The molecular weight excluding hydrogens is 261 g/mol. The van der Waals surface area contributed by atoms with Crippen LogP contribution in [0.4, 0.5) is 13.2 Å². The van der Waals surface area contributed by atoms with Crippen molar-refractivity contribution >= 4 is 5.97 Å². The molecule has 1 atom stereocenters. The fraction of sp³-hybridized carbons (Fsp3) is 0.462. The molecule has 6 heteroatoms. The summed E-state index contributed by atoms with van der Waals surface area (Å²) in [5.41, 5.74) is -1.26. The third-order valence-corrected chi connectivity index (χ3v) is 3.66. The van der Waals surface area contributed by atoms with Gasteiger partial charge in [-0.05, 0) is 29.5 Å². The maximum Gasteiger partial charge on any atom is 0.573 e. The molecule has 3 nitrogen and oxygen atoms in total. The quantitative estimate of drug-likeness (QED) is 0.919. The Morgan fingerprint density at radius 2 is 1.95 bits per heavy atom. The van der Waals surface area contributed by atoms with Crippen LogP contribution >= 0.6 is 0 Å². The smallest absolute Gasteiger partial charge is 0.481 e. The maximum atomic E-state index is 12.2. The van der Waals surface area contributed by atoms with Crippen molar-refractivity contribution in [2.45, 2.75) is 32.0 Å². The molecule has 1 aliphatic rings. The fourth-order valence-electron chi connectivity index (χ4n) is 2.56. The Balaban J connectivity index is 2.37. The van der Waals surface area contributed by atoms with Gasteiger partial charge < -0.3 is 9.84 Å². The van der Waals surface area contributed by atoms with E-state index in [2.05, 4.69) is 4.74 Å². The summed E-state index contributed by atoms with van der Waals surface area (Å²) < 4.78 is 40.3. The zero-order valence-electron chi connectivity index (χ0n) is 10.4. The largest absolute Gasteiger partial charge is 0.573 e. The minimum Gasteiger partial charge on any atom is -0.481 e. The Labute approximate surface area is 108 Å². The van der Waals surface area contributed by atoms with Crippen LogP contribution in [0.15, 0.2) is 24.3 Å². The third-order valence-electron chi connectivity index (χ3n) is 3.66. The van der Waals surface area contributed by atoms with Gasteiger partial charge in [-0.1, -0.05) is 26.0 Å². The molecule has 1 aromatic rings. The first-order chi connectivity index (χ1) is 8.58. The fourth-order valence-corrected chi connectivity index (χ4v) is 2.56. The SMILES string of the molecule is CC1(C)CC1(C(=O)O)c1cccc(OC(F)(F)F)c1. The summed E-state index contributed by atoms with van der Waals surface area (Å²) in [4.78, 5) is 11.4. The van der Waals surface area contributed by atoms with Crippen LogP contribution in [0.3, 0.4) is 0 Å². The van der Waals surface area contributed by atoms with Crippen molar-refractivity contribution in [3.63, 3.8) is 0 Å². The van der Waals surface area contributed by atoms with E-state index >= 15 is 0 Å². The summed E-state index contributed by atoms with van der Waals surface area (Å²) in [7, 11) is 0. The van der Waals surface area contributed by atoms with Gasteiger partial charge in [0.05, 0.1) is 5.41 Å². The number of hydrogen-bond acceptors (Lipinski definition) is 2. The number of rotatable bonds is 3. The molecule has 0 heterocycles. The minimum atomic E-state index is -4.78. The summed E-state index contributed by atoms with van der Waals surface area (Å²) >= 11 is 0. The summed E-state index contributed by atoms with van der Waals surface area (Å²) in [6.07, 6.45) is -4.39. The van der Waals surface area contributed by atoms with Crippen LogP contribution in [0.5, 0.6) is 5.75 Å². The Morgan fingerprint density at radius 3 is 2.37 bits per heavy atom. The molecule has 19 heavy (non-hydrogen) atoms. The first-order valence-corrected chi connectivity index (χ1v) is 5.68. The van der Waals surface area contributed by atoms with Crippen LogP contribution in [-0.2, 0) is 10.2 Å². The molecular formula is C13H13F3O3. The molecule has 0 spiro atoms. The molecule has 1 fully saturated rings. The van der Waals surface area contributed by atoms with Crippen molar-refractivity contribution in [2.75, 3.05) is 0 Å². The second-order valence-electron chi connectivity index (χ2n) is 5.35. The molecule has 0 radical (unpaired) electrons. The second-order valence-corrected chi connectivity index (χ2v) is 5.35. The maximum absolute atomic E-state index is 12.2. The predicted molar refractivity (Wildman–Crippen MR) is 60.8 cm³/mol. The van der Waals surface area contributed by atoms with Crippen molar-refractivity contribution in [3.05, 3.63) is 29.8 Å². The summed E-state index contributed by atoms with van der Waals surface area (Å²) in [5.74, 6) is -1.42. The molecule has 1 aliphatic carbocycles. The molecule has 1 saturated carbocycles. The van der Waals surface area contributed by atoms with Crippen LogP contribution in [0.25, 0.3) is 0 Å². The number of alkyl halides is 3. The van der Waals surface area contributed by atoms with Gasteiger partial charge in [0, 0.05) is 0 Å². The monoisotopic (exact) mass is 274 g/mol. The topological polar surface area (TPSA) is 46.5 Å². The molecule has 1 unspecified atom stereocenters. The van der Waals surface area contributed by atoms with Gasteiger partial charge in [-0.3, -0.25) is 4.79 Å². The lowest BCUT2D eigenvalue weighted by Crippen LogP contribution is -2.25. The lowest BCUT2D eigenvalue weighted by molar-refractivity contribution is -0.274. The number of aliphatic carboxylic acids is 1. The Hall–Kier alpha value is -1.72. The first-order valence-electron chi connectivity index (χ1n) is 5.68. The molecule has 1 N–H and O–H groups in total. The highest BCUT2D eigenvalue weighted by Gasteiger charge is 2.67. The number of carboxylic acids is 1. The standard InChI is InChI=1S/C13H13F3O3/c1-11(2)7-12(11,10(17)18)8-4-3-5-9(6-8)19-13(14,15)16/h3-6H,7H2,1-2H3,(H,17,18). The number of ether oxygens (including phenoxy) is 1. The summed E-state index contributed by atoms with van der Waals surface area (Å²) in [6, 6.07) is 5.19. The Morgan fingerprint density at radius 1 is 1.37 bits per heavy atom. The highest BCUT2D eigenvalue weighted by atomic mass is 19.4. The van der Waals surface area contributed by atoms with Gasteiger partial charge in [0.25, 0.3) is 0 Å². The first kappa shape index (κ1) is 13.7. The molecule has 0 bridgehead atoms. The molecule has 2 rings (SSSR count). The van der Waals surface area contributed by atoms with Gasteiger partial charge in [-0.15, -0.1) is 13.2 Å². The zero-order chi connectivity index (χ0) is 14.5. The van der Waals surface area contributed by atoms with E-state index in [1.165, 1.54) is 12.1 Å². The van der Waals surface area contributed by atoms with E-state index in [0.717, 1.165) is 12.1 Å². The van der Waals surface area contributed by atoms with Crippen LogP contribution in [0, 0.1) is 5.41 Å². The lowest BCUT2D eigenvalue weighted by Gasteiger charge is -2.17. The second kappa shape index (κ2) is 3.88. The zero-order valence-corrected chi connectivity index (χ0v) is 10.4. The number of carbonyl (C=O) groups is 1. The van der Waals surface area contributed by atoms with E-state index in [1.54, 1.807) is 13.8 Å². The van der Waals surface area contributed by atoms with E-state index in [1.807, 2.05) is 0 Å². The van der Waals surface area contributed by atoms with E-state index < -0.39 is 28.9 Å². The van der Waals surface area contributed by atoms with E-state index in [0.29, 0.717) is 12.0 Å². The van der Waals surface area contributed by atoms with Crippen molar-refractivity contribution in [1.82, 2.24) is 0 Å². The predicted octanol–water partition coefficient (Wildman–Crippen LogP) is 3.34. The summed E-state index contributed by atoms with van der Waals surface area (Å²) in [5, 5.41) is 9.35. The van der Waals surface area contributed by atoms with Gasteiger partial charge >= 0.3 is 12.3 Å². The number of benzene rings is 1. The third kappa shape index (κ3) is 2.27. The van der Waals surface area contributed by atoms with E-state index in [-0.39, 0.29) is 0 Å². The van der Waals surface area contributed by atoms with Crippen molar-refractivity contribution < 1.29 is 27.8 Å². The molecule has 0 aromatic heterocycles. The minimum absolute atomic E-state index is 0.340. The molecule has 0 saturated heterocycles. The van der Waals surface area contributed by atoms with E-state index in [4.69, 9.17) is 0 Å². The van der Waals surface area contributed by atoms with Gasteiger partial charge in [-0.25, -0.2) is 0 Å². The Bertz CT molecular complexity index is 522. The van der Waals surface area contributed by atoms with Crippen LogP contribution in [-0.4, -0.2) is 17.4 Å².